The van der Waals surface area contributed by atoms with Gasteiger partial charge in [-0.1, -0.05) is 49.2 Å². The van der Waals surface area contributed by atoms with E-state index in [0.717, 1.165) is 36.2 Å². The van der Waals surface area contributed by atoms with Gasteiger partial charge in [-0.15, -0.1) is 0 Å². The van der Waals surface area contributed by atoms with Gasteiger partial charge in [-0.25, -0.2) is 4.98 Å². The van der Waals surface area contributed by atoms with E-state index in [0.29, 0.717) is 17.4 Å². The molecule has 4 heteroatoms. The van der Waals surface area contributed by atoms with Gasteiger partial charge < -0.3 is 9.30 Å². The van der Waals surface area contributed by atoms with Crippen molar-refractivity contribution in [1.82, 2.24) is 9.55 Å². The first-order valence-corrected chi connectivity index (χ1v) is 7.99. The molecule has 3 aromatic rings. The second-order valence-corrected chi connectivity index (χ2v) is 5.65. The number of aromatic nitrogens is 2. The molecule has 0 unspecified atom stereocenters. The number of benzene rings is 2. The molecule has 3 nitrogen and oxygen atoms in total. The molecule has 2 aromatic carbocycles. The van der Waals surface area contributed by atoms with Crippen LogP contribution in [0.3, 0.4) is 0 Å². The number of hydrogen-bond acceptors (Lipinski definition) is 2. The Balaban J connectivity index is 1.87. The Labute approximate surface area is 135 Å². The van der Waals surface area contributed by atoms with Gasteiger partial charge in [-0.05, 0) is 30.7 Å². The van der Waals surface area contributed by atoms with Crippen LogP contribution in [0.2, 0.25) is 5.02 Å². The normalized spacial score (nSPS) is 11.0. The molecule has 0 aliphatic carbocycles. The highest BCUT2D eigenvalue weighted by atomic mass is 35.5. The van der Waals surface area contributed by atoms with Gasteiger partial charge in [0.05, 0.1) is 16.1 Å². The largest absolute Gasteiger partial charge is 0.484 e. The number of nitrogens with zero attached hydrogens (tertiary/aromatic N) is 2. The highest BCUT2D eigenvalue weighted by Gasteiger charge is 2.11. The van der Waals surface area contributed by atoms with Crippen molar-refractivity contribution in [2.24, 2.45) is 0 Å². The molecule has 0 radical (unpaired) electrons. The van der Waals surface area contributed by atoms with E-state index in [1.54, 1.807) is 0 Å². The maximum atomic E-state index is 6.14. The van der Waals surface area contributed by atoms with Crippen LogP contribution in [0.1, 0.15) is 25.6 Å². The van der Waals surface area contributed by atoms with Crippen LogP contribution in [0.5, 0.6) is 5.75 Å². The summed E-state index contributed by atoms with van der Waals surface area (Å²) in [5, 5.41) is 0.624. The zero-order chi connectivity index (χ0) is 15.4. The van der Waals surface area contributed by atoms with Gasteiger partial charge in [0.2, 0.25) is 0 Å². The Hall–Kier alpha value is -2.00. The molecule has 1 heterocycles. The molecule has 0 N–H and O–H groups in total. The topological polar surface area (TPSA) is 27.1 Å². The van der Waals surface area contributed by atoms with Crippen molar-refractivity contribution in [3.05, 3.63) is 59.4 Å². The standard InChI is InChI=1S/C18H19ClN2O/c1-2-3-12-21-16-10-6-5-9-15(16)20-18(21)13-22-17-11-7-4-8-14(17)19/h4-11H,2-3,12-13H2,1H3. The molecule has 0 aliphatic rings. The molecule has 114 valence electrons. The minimum absolute atomic E-state index is 0.419. The van der Waals surface area contributed by atoms with Crippen LogP contribution < -0.4 is 4.74 Å². The SMILES string of the molecule is CCCCn1c(COc2ccccc2Cl)nc2ccccc21. The van der Waals surface area contributed by atoms with Gasteiger partial charge in [-0.2, -0.15) is 0 Å². The van der Waals surface area contributed by atoms with E-state index < -0.39 is 0 Å². The molecule has 0 spiro atoms. The maximum absolute atomic E-state index is 6.14. The summed E-state index contributed by atoms with van der Waals surface area (Å²) in [6, 6.07) is 15.7. The van der Waals surface area contributed by atoms with Gasteiger partial charge >= 0.3 is 0 Å². The molecule has 0 saturated carbocycles. The number of halogens is 1. The van der Waals surface area contributed by atoms with E-state index in [4.69, 9.17) is 21.3 Å². The fourth-order valence-electron chi connectivity index (χ4n) is 2.51. The second kappa shape index (κ2) is 6.84. The summed E-state index contributed by atoms with van der Waals surface area (Å²) in [7, 11) is 0. The van der Waals surface area contributed by atoms with Gasteiger partial charge in [0.1, 0.15) is 18.2 Å². The van der Waals surface area contributed by atoms with E-state index in [1.807, 2.05) is 42.5 Å². The first-order chi connectivity index (χ1) is 10.8. The zero-order valence-electron chi connectivity index (χ0n) is 12.6. The lowest BCUT2D eigenvalue weighted by Gasteiger charge is -2.10. The Kier molecular flexibility index (Phi) is 4.64. The molecule has 3 rings (SSSR count). The molecule has 0 aliphatic heterocycles. The summed E-state index contributed by atoms with van der Waals surface area (Å²) in [5.41, 5.74) is 2.17. The van der Waals surface area contributed by atoms with Crippen LogP contribution in [-0.4, -0.2) is 9.55 Å². The number of aryl methyl sites for hydroxylation is 1. The first-order valence-electron chi connectivity index (χ1n) is 7.61. The van der Waals surface area contributed by atoms with E-state index in [9.17, 15) is 0 Å². The Bertz CT molecular complexity index is 767. The van der Waals surface area contributed by atoms with Crippen molar-refractivity contribution >= 4 is 22.6 Å². The minimum Gasteiger partial charge on any atom is -0.484 e. The lowest BCUT2D eigenvalue weighted by Crippen LogP contribution is -2.07. The Morgan fingerprint density at radius 3 is 2.68 bits per heavy atom. The van der Waals surface area contributed by atoms with Gasteiger partial charge in [0.25, 0.3) is 0 Å². The summed E-state index contributed by atoms with van der Waals surface area (Å²) in [6.07, 6.45) is 2.27. The van der Waals surface area contributed by atoms with Crippen molar-refractivity contribution in [3.8, 4) is 5.75 Å². The van der Waals surface area contributed by atoms with Crippen LogP contribution in [-0.2, 0) is 13.2 Å². The third kappa shape index (κ3) is 3.09. The van der Waals surface area contributed by atoms with Crippen molar-refractivity contribution in [2.75, 3.05) is 0 Å². The summed E-state index contributed by atoms with van der Waals surface area (Å²) in [6.45, 7) is 3.57. The molecule has 0 fully saturated rings. The summed E-state index contributed by atoms with van der Waals surface area (Å²) in [5.74, 6) is 1.63. The zero-order valence-corrected chi connectivity index (χ0v) is 13.4. The van der Waals surface area contributed by atoms with Crippen LogP contribution in [0, 0.1) is 0 Å². The average Bonchev–Trinajstić information content (AvgIpc) is 2.90. The van der Waals surface area contributed by atoms with Crippen LogP contribution in [0.15, 0.2) is 48.5 Å². The third-order valence-electron chi connectivity index (χ3n) is 3.66. The number of para-hydroxylation sites is 3. The Morgan fingerprint density at radius 1 is 1.09 bits per heavy atom. The molecule has 22 heavy (non-hydrogen) atoms. The number of unbranched alkanes of at least 4 members (excludes halogenated alkanes) is 1. The quantitative estimate of drug-likeness (QED) is 0.635. The summed E-state index contributed by atoms with van der Waals surface area (Å²) in [4.78, 5) is 4.71. The van der Waals surface area contributed by atoms with E-state index in [-0.39, 0.29) is 0 Å². The van der Waals surface area contributed by atoms with Gasteiger partial charge in [-0.3, -0.25) is 0 Å². The molecule has 0 atom stereocenters. The monoisotopic (exact) mass is 314 g/mol. The second-order valence-electron chi connectivity index (χ2n) is 5.24. The summed E-state index contributed by atoms with van der Waals surface area (Å²) >= 11 is 6.14. The predicted octanol–water partition coefficient (Wildman–Crippen LogP) is 5.07. The van der Waals surface area contributed by atoms with E-state index >= 15 is 0 Å². The third-order valence-corrected chi connectivity index (χ3v) is 3.97. The average molecular weight is 315 g/mol. The van der Waals surface area contributed by atoms with Crippen molar-refractivity contribution in [3.63, 3.8) is 0 Å². The lowest BCUT2D eigenvalue weighted by atomic mass is 10.3. The number of fused-ring (bicyclic) bond motifs is 1. The fraction of sp³-hybridized carbons (Fsp3) is 0.278. The molecule has 0 amide bonds. The number of imidazole rings is 1. The summed E-state index contributed by atoms with van der Waals surface area (Å²) < 4.78 is 8.10. The van der Waals surface area contributed by atoms with Crippen molar-refractivity contribution < 1.29 is 4.74 Å². The maximum Gasteiger partial charge on any atom is 0.147 e. The van der Waals surface area contributed by atoms with Crippen LogP contribution in [0.4, 0.5) is 0 Å². The minimum atomic E-state index is 0.419. The smallest absolute Gasteiger partial charge is 0.147 e. The molecular formula is C18H19ClN2O. The van der Waals surface area contributed by atoms with E-state index in [2.05, 4.69) is 17.6 Å². The molecular weight excluding hydrogens is 296 g/mol. The van der Waals surface area contributed by atoms with Crippen molar-refractivity contribution in [2.45, 2.75) is 32.9 Å². The molecule has 0 saturated heterocycles. The van der Waals surface area contributed by atoms with Gasteiger partial charge in [0.15, 0.2) is 0 Å². The number of hydrogen-bond donors (Lipinski definition) is 0. The molecule has 1 aromatic heterocycles. The number of ether oxygens (including phenoxy) is 1. The lowest BCUT2D eigenvalue weighted by molar-refractivity contribution is 0.290. The Morgan fingerprint density at radius 2 is 1.86 bits per heavy atom. The van der Waals surface area contributed by atoms with E-state index in [1.165, 1.54) is 0 Å². The molecule has 0 bridgehead atoms. The van der Waals surface area contributed by atoms with Gasteiger partial charge in [0, 0.05) is 6.54 Å². The first kappa shape index (κ1) is 14.9. The van der Waals surface area contributed by atoms with Crippen LogP contribution >= 0.6 is 11.6 Å². The fourth-order valence-corrected chi connectivity index (χ4v) is 2.70. The van der Waals surface area contributed by atoms with Crippen LogP contribution in [0.25, 0.3) is 11.0 Å². The highest BCUT2D eigenvalue weighted by molar-refractivity contribution is 6.32. The highest BCUT2D eigenvalue weighted by Crippen LogP contribution is 2.25. The van der Waals surface area contributed by atoms with Crippen molar-refractivity contribution in [1.29, 1.82) is 0 Å². The number of rotatable bonds is 6. The predicted molar refractivity (Wildman–Crippen MR) is 90.4 cm³/mol.